The highest BCUT2D eigenvalue weighted by Crippen LogP contribution is 2.29. The molecule has 0 aromatic heterocycles. The van der Waals surface area contributed by atoms with Gasteiger partial charge in [0, 0.05) is 13.2 Å². The van der Waals surface area contributed by atoms with Gasteiger partial charge in [-0.15, -0.1) is 12.4 Å². The van der Waals surface area contributed by atoms with Crippen molar-refractivity contribution in [3.63, 3.8) is 0 Å². The van der Waals surface area contributed by atoms with Gasteiger partial charge in [0.05, 0.1) is 5.54 Å². The van der Waals surface area contributed by atoms with E-state index in [4.69, 9.17) is 10.5 Å². The van der Waals surface area contributed by atoms with E-state index < -0.39 is 0 Å². The highest BCUT2D eigenvalue weighted by molar-refractivity contribution is 5.85. The van der Waals surface area contributed by atoms with E-state index in [1.165, 1.54) is 12.8 Å². The standard InChI is InChI=1S/C11H20N2O2.ClH/c12-8-11(5-1-2-6-11)13-10(14)9-4-3-7-15-9;/h9H,1-8,12H2,(H,13,14);1H/t9-;/m0./s1. The van der Waals surface area contributed by atoms with Gasteiger partial charge in [-0.1, -0.05) is 12.8 Å². The minimum atomic E-state index is -0.228. The predicted octanol–water partition coefficient (Wildman–Crippen LogP) is 0.975. The summed E-state index contributed by atoms with van der Waals surface area (Å²) in [6, 6.07) is 0. The van der Waals surface area contributed by atoms with Crippen molar-refractivity contribution in [2.75, 3.05) is 13.2 Å². The van der Waals surface area contributed by atoms with E-state index in [0.29, 0.717) is 13.2 Å². The minimum Gasteiger partial charge on any atom is -0.368 e. The van der Waals surface area contributed by atoms with E-state index in [1.807, 2.05) is 0 Å². The van der Waals surface area contributed by atoms with Gasteiger partial charge in [-0.25, -0.2) is 0 Å². The molecule has 1 atom stereocenters. The SMILES string of the molecule is Cl.NCC1(NC(=O)[C@@H]2CCCO2)CCCC1. The fourth-order valence-corrected chi connectivity index (χ4v) is 2.56. The van der Waals surface area contributed by atoms with E-state index in [0.717, 1.165) is 25.7 Å². The van der Waals surface area contributed by atoms with Gasteiger partial charge >= 0.3 is 0 Å². The van der Waals surface area contributed by atoms with Crippen LogP contribution in [0, 0.1) is 0 Å². The first-order valence-electron chi connectivity index (χ1n) is 5.89. The van der Waals surface area contributed by atoms with E-state index >= 15 is 0 Å². The molecule has 0 aromatic carbocycles. The maximum Gasteiger partial charge on any atom is 0.249 e. The zero-order valence-electron chi connectivity index (χ0n) is 9.54. The summed E-state index contributed by atoms with van der Waals surface area (Å²) in [5.74, 6) is 0.0415. The van der Waals surface area contributed by atoms with E-state index in [9.17, 15) is 4.79 Å². The Morgan fingerprint density at radius 2 is 2.06 bits per heavy atom. The molecule has 16 heavy (non-hydrogen) atoms. The number of amides is 1. The molecule has 1 saturated heterocycles. The number of nitrogens with two attached hydrogens (primary N) is 1. The summed E-state index contributed by atoms with van der Waals surface area (Å²) in [6.45, 7) is 1.26. The molecule has 4 nitrogen and oxygen atoms in total. The average Bonchev–Trinajstić information content (AvgIpc) is 2.88. The molecule has 3 N–H and O–H groups in total. The van der Waals surface area contributed by atoms with Crippen LogP contribution in [0.2, 0.25) is 0 Å². The molecule has 1 aliphatic heterocycles. The number of hydrogen-bond acceptors (Lipinski definition) is 3. The Morgan fingerprint density at radius 3 is 2.56 bits per heavy atom. The number of nitrogens with one attached hydrogen (secondary N) is 1. The van der Waals surface area contributed by atoms with Crippen LogP contribution in [0.25, 0.3) is 0 Å². The van der Waals surface area contributed by atoms with E-state index in [-0.39, 0.29) is 30.0 Å². The van der Waals surface area contributed by atoms with Crippen LogP contribution < -0.4 is 11.1 Å². The van der Waals surface area contributed by atoms with Gasteiger partial charge < -0.3 is 15.8 Å². The molecule has 0 aromatic rings. The van der Waals surface area contributed by atoms with Crippen molar-refractivity contribution in [2.45, 2.75) is 50.2 Å². The summed E-state index contributed by atoms with van der Waals surface area (Å²) in [5, 5.41) is 3.10. The maximum absolute atomic E-state index is 11.9. The van der Waals surface area contributed by atoms with Gasteiger partial charge in [0.25, 0.3) is 0 Å². The second-order valence-electron chi connectivity index (χ2n) is 4.68. The van der Waals surface area contributed by atoms with Crippen molar-refractivity contribution in [2.24, 2.45) is 5.73 Å². The van der Waals surface area contributed by atoms with Crippen LogP contribution >= 0.6 is 12.4 Å². The molecule has 0 bridgehead atoms. The van der Waals surface area contributed by atoms with Crippen molar-refractivity contribution in [1.82, 2.24) is 5.32 Å². The van der Waals surface area contributed by atoms with Crippen LogP contribution in [0.4, 0.5) is 0 Å². The molecule has 0 radical (unpaired) electrons. The summed E-state index contributed by atoms with van der Waals surface area (Å²) < 4.78 is 5.36. The zero-order valence-corrected chi connectivity index (χ0v) is 10.4. The summed E-state index contributed by atoms with van der Waals surface area (Å²) in [6.07, 6.45) is 5.99. The number of ether oxygens (including phenoxy) is 1. The van der Waals surface area contributed by atoms with Crippen LogP contribution in [0.5, 0.6) is 0 Å². The summed E-state index contributed by atoms with van der Waals surface area (Å²) >= 11 is 0. The highest BCUT2D eigenvalue weighted by atomic mass is 35.5. The summed E-state index contributed by atoms with van der Waals surface area (Å²) in [5.41, 5.74) is 5.62. The molecule has 1 heterocycles. The Bertz CT molecular complexity index is 236. The molecule has 0 unspecified atom stereocenters. The van der Waals surface area contributed by atoms with Gasteiger partial charge in [-0.2, -0.15) is 0 Å². The third-order valence-electron chi connectivity index (χ3n) is 3.56. The number of carbonyl (C=O) groups excluding carboxylic acids is 1. The summed E-state index contributed by atoms with van der Waals surface area (Å²) in [4.78, 5) is 11.9. The molecule has 5 heteroatoms. The lowest BCUT2D eigenvalue weighted by atomic mass is 9.97. The number of rotatable bonds is 3. The highest BCUT2D eigenvalue weighted by Gasteiger charge is 2.36. The van der Waals surface area contributed by atoms with E-state index in [1.54, 1.807) is 0 Å². The fourth-order valence-electron chi connectivity index (χ4n) is 2.56. The Morgan fingerprint density at radius 1 is 1.38 bits per heavy atom. The van der Waals surface area contributed by atoms with Crippen LogP contribution in [0.3, 0.4) is 0 Å². The molecule has 1 amide bonds. The van der Waals surface area contributed by atoms with Gasteiger partial charge in [0.2, 0.25) is 5.91 Å². The zero-order chi connectivity index (χ0) is 10.7. The lowest BCUT2D eigenvalue weighted by Gasteiger charge is -2.29. The Hall–Kier alpha value is -0.320. The Kier molecular flexibility index (Phi) is 5.02. The van der Waals surface area contributed by atoms with Crippen LogP contribution in [-0.4, -0.2) is 30.7 Å². The molecular weight excluding hydrogens is 228 g/mol. The Balaban J connectivity index is 0.00000128. The minimum absolute atomic E-state index is 0. The number of carbonyl (C=O) groups is 1. The van der Waals surface area contributed by atoms with Crippen LogP contribution in [0.1, 0.15) is 38.5 Å². The molecule has 2 fully saturated rings. The second kappa shape index (κ2) is 5.84. The lowest BCUT2D eigenvalue weighted by Crippen LogP contribution is -2.54. The van der Waals surface area contributed by atoms with Crippen molar-refractivity contribution in [3.8, 4) is 0 Å². The van der Waals surface area contributed by atoms with Gasteiger partial charge in [0.1, 0.15) is 6.10 Å². The third kappa shape index (κ3) is 2.87. The first-order chi connectivity index (χ1) is 7.26. The lowest BCUT2D eigenvalue weighted by molar-refractivity contribution is -0.132. The largest absolute Gasteiger partial charge is 0.368 e. The van der Waals surface area contributed by atoms with Crippen molar-refractivity contribution in [1.29, 1.82) is 0 Å². The average molecular weight is 249 g/mol. The second-order valence-corrected chi connectivity index (χ2v) is 4.68. The smallest absolute Gasteiger partial charge is 0.249 e. The molecular formula is C11H21ClN2O2. The van der Waals surface area contributed by atoms with Gasteiger partial charge in [0.15, 0.2) is 0 Å². The molecule has 2 aliphatic rings. The van der Waals surface area contributed by atoms with Crippen LogP contribution in [0.15, 0.2) is 0 Å². The molecule has 0 spiro atoms. The maximum atomic E-state index is 11.9. The van der Waals surface area contributed by atoms with Gasteiger partial charge in [-0.05, 0) is 25.7 Å². The number of hydrogen-bond donors (Lipinski definition) is 2. The molecule has 1 saturated carbocycles. The van der Waals surface area contributed by atoms with Crippen LogP contribution in [-0.2, 0) is 9.53 Å². The van der Waals surface area contributed by atoms with Crippen molar-refractivity contribution >= 4 is 18.3 Å². The topological polar surface area (TPSA) is 64.3 Å². The first kappa shape index (κ1) is 13.7. The van der Waals surface area contributed by atoms with Gasteiger partial charge in [-0.3, -0.25) is 4.79 Å². The quantitative estimate of drug-likeness (QED) is 0.783. The van der Waals surface area contributed by atoms with Crippen molar-refractivity contribution in [3.05, 3.63) is 0 Å². The predicted molar refractivity (Wildman–Crippen MR) is 64.6 cm³/mol. The molecule has 94 valence electrons. The fraction of sp³-hybridized carbons (Fsp3) is 0.909. The van der Waals surface area contributed by atoms with Crippen molar-refractivity contribution < 1.29 is 9.53 Å². The molecule has 2 rings (SSSR count). The normalized spacial score (nSPS) is 27.4. The first-order valence-corrected chi connectivity index (χ1v) is 5.89. The molecule has 1 aliphatic carbocycles. The summed E-state index contributed by atoms with van der Waals surface area (Å²) in [7, 11) is 0. The van der Waals surface area contributed by atoms with E-state index in [2.05, 4.69) is 5.32 Å². The monoisotopic (exact) mass is 248 g/mol. The number of halogens is 1. The Labute approximate surface area is 103 Å². The third-order valence-corrected chi connectivity index (χ3v) is 3.56.